The number of esters is 1. The third kappa shape index (κ3) is 5.42. The highest BCUT2D eigenvalue weighted by atomic mass is 32.2. The van der Waals surface area contributed by atoms with E-state index < -0.39 is 21.9 Å². The van der Waals surface area contributed by atoms with Crippen LogP contribution >= 0.6 is 0 Å². The second-order valence-electron chi connectivity index (χ2n) is 7.00. The summed E-state index contributed by atoms with van der Waals surface area (Å²) >= 11 is 0. The molecule has 1 atom stereocenters. The van der Waals surface area contributed by atoms with Crippen LogP contribution < -0.4 is 5.32 Å². The summed E-state index contributed by atoms with van der Waals surface area (Å²) in [6.45, 7) is 0.591. The Labute approximate surface area is 170 Å². The average Bonchev–Trinajstić information content (AvgIpc) is 2.74. The monoisotopic (exact) mass is 416 g/mol. The Kier molecular flexibility index (Phi) is 6.66. The van der Waals surface area contributed by atoms with Gasteiger partial charge < -0.3 is 10.1 Å². The first-order valence-electron chi connectivity index (χ1n) is 9.40. The average molecular weight is 416 g/mol. The Morgan fingerprint density at radius 2 is 1.79 bits per heavy atom. The molecule has 7 nitrogen and oxygen atoms in total. The largest absolute Gasteiger partial charge is 0.465 e. The molecule has 0 spiro atoms. The first-order chi connectivity index (χ1) is 13.9. The molecule has 0 aromatic heterocycles. The lowest BCUT2D eigenvalue weighted by Gasteiger charge is -2.31. The van der Waals surface area contributed by atoms with Gasteiger partial charge in [0, 0.05) is 18.8 Å². The highest BCUT2D eigenvalue weighted by molar-refractivity contribution is 7.88. The van der Waals surface area contributed by atoms with Crippen molar-refractivity contribution in [1.82, 2.24) is 4.31 Å². The van der Waals surface area contributed by atoms with Gasteiger partial charge in [-0.15, -0.1) is 0 Å². The Hall–Kier alpha value is -2.71. The molecule has 2 aromatic carbocycles. The van der Waals surface area contributed by atoms with E-state index in [1.165, 1.54) is 11.4 Å². The molecular formula is C21H24N2O5S. The second-order valence-corrected chi connectivity index (χ2v) is 8.97. The first kappa shape index (κ1) is 21.0. The van der Waals surface area contributed by atoms with E-state index in [1.807, 2.05) is 18.2 Å². The van der Waals surface area contributed by atoms with Crippen molar-refractivity contribution >= 4 is 27.6 Å². The molecular weight excluding hydrogens is 392 g/mol. The van der Waals surface area contributed by atoms with Gasteiger partial charge in [0.2, 0.25) is 15.9 Å². The summed E-state index contributed by atoms with van der Waals surface area (Å²) in [7, 11) is -2.19. The maximum absolute atomic E-state index is 12.8. The molecule has 1 amide bonds. The number of carbonyl (C=O) groups excluding carboxylic acids is 2. The van der Waals surface area contributed by atoms with Gasteiger partial charge in [-0.1, -0.05) is 30.3 Å². The minimum absolute atomic E-state index is 0.0723. The summed E-state index contributed by atoms with van der Waals surface area (Å²) in [6, 6.07) is 15.4. The molecule has 0 unspecified atom stereocenters. The highest BCUT2D eigenvalue weighted by Gasteiger charge is 2.32. The molecule has 1 fully saturated rings. The summed E-state index contributed by atoms with van der Waals surface area (Å²) < 4.78 is 31.6. The van der Waals surface area contributed by atoms with Crippen LogP contribution in [0.1, 0.15) is 28.8 Å². The fourth-order valence-electron chi connectivity index (χ4n) is 3.34. The number of sulfonamides is 1. The number of piperidine rings is 1. The van der Waals surface area contributed by atoms with E-state index in [1.54, 1.807) is 36.4 Å². The molecule has 0 saturated carbocycles. The van der Waals surface area contributed by atoms with Gasteiger partial charge in [-0.25, -0.2) is 17.5 Å². The van der Waals surface area contributed by atoms with Gasteiger partial charge in [-0.05, 0) is 42.7 Å². The van der Waals surface area contributed by atoms with Gasteiger partial charge in [-0.3, -0.25) is 4.79 Å². The van der Waals surface area contributed by atoms with Gasteiger partial charge in [0.15, 0.2) is 0 Å². The van der Waals surface area contributed by atoms with Crippen LogP contribution in [0.5, 0.6) is 0 Å². The van der Waals surface area contributed by atoms with Crippen LogP contribution in [0, 0.1) is 5.92 Å². The number of rotatable bonds is 6. The fourth-order valence-corrected chi connectivity index (χ4v) is 4.95. The Morgan fingerprint density at radius 3 is 2.45 bits per heavy atom. The van der Waals surface area contributed by atoms with Crippen molar-refractivity contribution in [2.75, 3.05) is 25.5 Å². The number of nitrogens with one attached hydrogen (secondary N) is 1. The normalized spacial score (nSPS) is 17.5. The van der Waals surface area contributed by atoms with Crippen molar-refractivity contribution in [3.05, 3.63) is 65.7 Å². The molecule has 0 aliphatic carbocycles. The molecule has 8 heteroatoms. The molecule has 1 heterocycles. The van der Waals surface area contributed by atoms with Crippen molar-refractivity contribution in [3.8, 4) is 0 Å². The molecule has 0 bridgehead atoms. The van der Waals surface area contributed by atoms with Crippen LogP contribution in [0.3, 0.4) is 0 Å². The number of anilines is 1. The van der Waals surface area contributed by atoms with Crippen LogP contribution in [-0.4, -0.2) is 44.8 Å². The fraction of sp³-hybridized carbons (Fsp3) is 0.333. The van der Waals surface area contributed by atoms with E-state index in [9.17, 15) is 18.0 Å². The van der Waals surface area contributed by atoms with E-state index in [4.69, 9.17) is 0 Å². The summed E-state index contributed by atoms with van der Waals surface area (Å²) in [5, 5.41) is 2.80. The molecule has 29 heavy (non-hydrogen) atoms. The SMILES string of the molecule is COC(=O)c1ccc(NC(=O)[C@H]2CCCN(S(=O)(=O)Cc3ccccc3)C2)cc1. The van der Waals surface area contributed by atoms with Crippen molar-refractivity contribution < 1.29 is 22.7 Å². The third-order valence-electron chi connectivity index (χ3n) is 4.91. The van der Waals surface area contributed by atoms with Crippen LogP contribution in [0.4, 0.5) is 5.69 Å². The van der Waals surface area contributed by atoms with Crippen molar-refractivity contribution in [3.63, 3.8) is 0 Å². The number of hydrogen-bond acceptors (Lipinski definition) is 5. The number of hydrogen-bond donors (Lipinski definition) is 1. The molecule has 2 aromatic rings. The van der Waals surface area contributed by atoms with Gasteiger partial charge in [0.1, 0.15) is 0 Å². The van der Waals surface area contributed by atoms with E-state index in [0.717, 1.165) is 5.56 Å². The quantitative estimate of drug-likeness (QED) is 0.731. The van der Waals surface area contributed by atoms with Crippen LogP contribution in [0.25, 0.3) is 0 Å². The van der Waals surface area contributed by atoms with Gasteiger partial charge >= 0.3 is 5.97 Å². The molecule has 1 N–H and O–H groups in total. The molecule has 3 rings (SSSR count). The summed E-state index contributed by atoms with van der Waals surface area (Å²) in [5.41, 5.74) is 1.66. The minimum Gasteiger partial charge on any atom is -0.465 e. The summed E-state index contributed by atoms with van der Waals surface area (Å²) in [5.74, 6) is -1.17. The maximum atomic E-state index is 12.8. The summed E-state index contributed by atoms with van der Waals surface area (Å²) in [4.78, 5) is 24.1. The first-order valence-corrected chi connectivity index (χ1v) is 11.0. The lowest BCUT2D eigenvalue weighted by molar-refractivity contribution is -0.120. The van der Waals surface area contributed by atoms with Gasteiger partial charge in [0.05, 0.1) is 24.3 Å². The molecule has 0 radical (unpaired) electrons. The molecule has 1 aliphatic rings. The third-order valence-corrected chi connectivity index (χ3v) is 6.73. The van der Waals surface area contributed by atoms with Crippen LogP contribution in [0.2, 0.25) is 0 Å². The van der Waals surface area contributed by atoms with Crippen molar-refractivity contribution in [1.29, 1.82) is 0 Å². The van der Waals surface area contributed by atoms with E-state index in [-0.39, 0.29) is 18.2 Å². The topological polar surface area (TPSA) is 92.8 Å². The number of benzene rings is 2. The van der Waals surface area contributed by atoms with E-state index in [2.05, 4.69) is 10.1 Å². The zero-order valence-electron chi connectivity index (χ0n) is 16.2. The Bertz CT molecular complexity index is 958. The standard InChI is InChI=1S/C21H24N2O5S/c1-28-21(25)17-9-11-19(12-10-17)22-20(24)18-8-5-13-23(14-18)29(26,27)15-16-6-3-2-4-7-16/h2-4,6-7,9-12,18H,5,8,13-15H2,1H3,(H,22,24)/t18-/m0/s1. The Morgan fingerprint density at radius 1 is 1.10 bits per heavy atom. The van der Waals surface area contributed by atoms with Crippen LogP contribution in [-0.2, 0) is 25.3 Å². The number of ether oxygens (including phenoxy) is 1. The zero-order valence-corrected chi connectivity index (χ0v) is 17.0. The lowest BCUT2D eigenvalue weighted by atomic mass is 9.98. The highest BCUT2D eigenvalue weighted by Crippen LogP contribution is 2.23. The number of carbonyl (C=O) groups is 2. The minimum atomic E-state index is -3.49. The lowest BCUT2D eigenvalue weighted by Crippen LogP contribution is -2.44. The Balaban J connectivity index is 1.62. The van der Waals surface area contributed by atoms with Gasteiger partial charge in [-0.2, -0.15) is 0 Å². The number of methoxy groups -OCH3 is 1. The molecule has 1 saturated heterocycles. The summed E-state index contributed by atoms with van der Waals surface area (Å²) in [6.07, 6.45) is 1.26. The number of amides is 1. The zero-order chi connectivity index (χ0) is 20.9. The number of nitrogens with zero attached hydrogens (tertiary/aromatic N) is 1. The van der Waals surface area contributed by atoms with E-state index in [0.29, 0.717) is 30.6 Å². The second kappa shape index (κ2) is 9.19. The predicted molar refractivity (Wildman–Crippen MR) is 110 cm³/mol. The molecule has 1 aliphatic heterocycles. The maximum Gasteiger partial charge on any atom is 0.337 e. The smallest absolute Gasteiger partial charge is 0.337 e. The van der Waals surface area contributed by atoms with Crippen LogP contribution in [0.15, 0.2) is 54.6 Å². The molecule has 154 valence electrons. The van der Waals surface area contributed by atoms with Crippen molar-refractivity contribution in [2.45, 2.75) is 18.6 Å². The van der Waals surface area contributed by atoms with Gasteiger partial charge in [0.25, 0.3) is 0 Å². The van der Waals surface area contributed by atoms with E-state index >= 15 is 0 Å². The van der Waals surface area contributed by atoms with Crippen molar-refractivity contribution in [2.24, 2.45) is 5.92 Å². The predicted octanol–water partition coefficient (Wildman–Crippen LogP) is 2.65.